The molecule has 1 aromatic rings. The molecule has 0 heterocycles. The number of carbonyl (C=O) groups excluding carboxylic acids is 2. The Balaban J connectivity index is 3.02. The van der Waals surface area contributed by atoms with Crippen molar-refractivity contribution in [2.75, 3.05) is 20.8 Å². The lowest BCUT2D eigenvalue weighted by molar-refractivity contribution is -0.299. The molecule has 0 aliphatic carbocycles. The summed E-state index contributed by atoms with van der Waals surface area (Å²) in [5.41, 5.74) is 0.550. The van der Waals surface area contributed by atoms with E-state index in [9.17, 15) is 14.0 Å². The second kappa shape index (κ2) is 8.52. The number of benzene rings is 1. The monoisotopic (exact) mass is 329 g/mol. The molecular weight excluding hydrogens is 313 g/mol. The summed E-state index contributed by atoms with van der Waals surface area (Å²) in [7, 11) is 2.55. The Bertz CT molecular complexity index is 587. The van der Waals surface area contributed by atoms with E-state index in [1.54, 1.807) is 6.92 Å². The number of hydroxylamine groups is 2. The Morgan fingerprint density at radius 2 is 1.95 bits per heavy atom. The molecule has 1 amide bonds. The first-order valence-electron chi connectivity index (χ1n) is 6.24. The number of hydrogen-bond acceptors (Lipinski definition) is 6. The molecule has 6 nitrogen and oxygen atoms in total. The van der Waals surface area contributed by atoms with Crippen LogP contribution in [-0.2, 0) is 19.2 Å². The zero-order chi connectivity index (χ0) is 16.7. The van der Waals surface area contributed by atoms with Crippen molar-refractivity contribution in [3.63, 3.8) is 0 Å². The smallest absolute Gasteiger partial charge is 0.367 e. The third kappa shape index (κ3) is 4.55. The molecule has 0 N–H and O–H groups in total. The first-order chi connectivity index (χ1) is 10.4. The number of thiol groups is 1. The third-order valence-corrected chi connectivity index (χ3v) is 2.91. The van der Waals surface area contributed by atoms with Crippen molar-refractivity contribution in [3.05, 3.63) is 35.2 Å². The summed E-state index contributed by atoms with van der Waals surface area (Å²) in [6, 6.07) is 4.27. The fourth-order valence-corrected chi connectivity index (χ4v) is 1.82. The molecule has 1 aromatic carbocycles. The van der Waals surface area contributed by atoms with Gasteiger partial charge in [-0.15, -0.1) is 12.6 Å². The van der Waals surface area contributed by atoms with Crippen LogP contribution in [0.2, 0.25) is 0 Å². The van der Waals surface area contributed by atoms with E-state index in [1.807, 2.05) is 0 Å². The Labute approximate surface area is 132 Å². The highest BCUT2D eigenvalue weighted by molar-refractivity contribution is 7.80. The average Bonchev–Trinajstić information content (AvgIpc) is 2.50. The Kier molecular flexibility index (Phi) is 7.03. The summed E-state index contributed by atoms with van der Waals surface area (Å²) >= 11 is 4.17. The van der Waals surface area contributed by atoms with E-state index in [-0.39, 0.29) is 12.2 Å². The highest BCUT2D eigenvalue weighted by Gasteiger charge is 2.17. The first-order valence-corrected chi connectivity index (χ1v) is 6.69. The summed E-state index contributed by atoms with van der Waals surface area (Å²) in [5.74, 6) is -2.66. The van der Waals surface area contributed by atoms with Gasteiger partial charge in [0.1, 0.15) is 0 Å². The Hall–Kier alpha value is -1.90. The summed E-state index contributed by atoms with van der Waals surface area (Å²) in [5, 5.41) is 0.678. The fraction of sp³-hybridized carbons (Fsp3) is 0.286. The minimum absolute atomic E-state index is 0.0745. The van der Waals surface area contributed by atoms with Crippen LogP contribution in [0.5, 0.6) is 0 Å². The van der Waals surface area contributed by atoms with Crippen molar-refractivity contribution in [3.8, 4) is 0 Å². The van der Waals surface area contributed by atoms with Crippen LogP contribution in [0.15, 0.2) is 28.9 Å². The second-order valence-corrected chi connectivity index (χ2v) is 4.40. The molecule has 0 unspecified atom stereocenters. The lowest BCUT2D eigenvalue weighted by atomic mass is 10.1. The number of hydrogen-bond donors (Lipinski definition) is 1. The van der Waals surface area contributed by atoms with Crippen LogP contribution in [0.25, 0.3) is 6.08 Å². The van der Waals surface area contributed by atoms with E-state index in [4.69, 9.17) is 9.68 Å². The average molecular weight is 329 g/mol. The van der Waals surface area contributed by atoms with Crippen LogP contribution in [0, 0.1) is 0 Å². The molecule has 0 aliphatic rings. The van der Waals surface area contributed by atoms with Gasteiger partial charge in [0.05, 0.1) is 20.8 Å². The van der Waals surface area contributed by atoms with Gasteiger partial charge in [-0.1, -0.05) is 11.3 Å². The lowest BCUT2D eigenvalue weighted by Gasteiger charge is -2.16. The van der Waals surface area contributed by atoms with E-state index in [2.05, 4.69) is 17.4 Å². The molecule has 0 fully saturated rings. The van der Waals surface area contributed by atoms with Gasteiger partial charge in [-0.05, 0) is 30.7 Å². The van der Waals surface area contributed by atoms with Crippen molar-refractivity contribution in [2.45, 2.75) is 11.8 Å². The van der Waals surface area contributed by atoms with E-state index in [1.165, 1.54) is 32.4 Å². The third-order valence-electron chi connectivity index (χ3n) is 2.53. The van der Waals surface area contributed by atoms with Crippen LogP contribution < -0.4 is 0 Å². The maximum atomic E-state index is 13.6. The SMILES string of the molecule is CCOC(=O)/C(F)=C\c1ccc(C(=O)N(OC)OC)cc1S. The molecule has 22 heavy (non-hydrogen) atoms. The van der Waals surface area contributed by atoms with Crippen molar-refractivity contribution in [1.82, 2.24) is 5.23 Å². The number of nitrogens with zero attached hydrogens (tertiary/aromatic N) is 1. The number of carbonyl (C=O) groups is 2. The molecule has 0 aliphatic heterocycles. The number of amides is 1. The van der Waals surface area contributed by atoms with Gasteiger partial charge < -0.3 is 4.74 Å². The number of rotatable bonds is 6. The van der Waals surface area contributed by atoms with Gasteiger partial charge in [0.2, 0.25) is 5.83 Å². The van der Waals surface area contributed by atoms with E-state index >= 15 is 0 Å². The zero-order valence-corrected chi connectivity index (χ0v) is 13.2. The summed E-state index contributed by atoms with van der Waals surface area (Å²) in [6.45, 7) is 1.65. The fourth-order valence-electron chi connectivity index (χ4n) is 1.54. The van der Waals surface area contributed by atoms with Gasteiger partial charge in [0.15, 0.2) is 0 Å². The predicted octanol–water partition coefficient (Wildman–Crippen LogP) is 2.41. The van der Waals surface area contributed by atoms with Crippen molar-refractivity contribution in [1.29, 1.82) is 0 Å². The molecule has 1 rings (SSSR count). The summed E-state index contributed by atoms with van der Waals surface area (Å²) < 4.78 is 18.1. The largest absolute Gasteiger partial charge is 0.461 e. The van der Waals surface area contributed by atoms with E-state index < -0.39 is 17.7 Å². The molecular formula is C14H16FNO5S. The molecule has 0 saturated heterocycles. The Morgan fingerprint density at radius 1 is 1.32 bits per heavy atom. The van der Waals surface area contributed by atoms with Crippen molar-refractivity contribution < 1.29 is 28.4 Å². The van der Waals surface area contributed by atoms with Crippen LogP contribution in [0.1, 0.15) is 22.8 Å². The number of halogens is 1. The standard InChI is InChI=1S/C14H16FNO5S/c1-4-21-14(18)11(15)7-9-5-6-10(8-12(9)22)13(17)16(19-2)20-3/h5-8,22H,4H2,1-3H3/b11-7+. The molecule has 0 saturated carbocycles. The van der Waals surface area contributed by atoms with Crippen molar-refractivity contribution >= 4 is 30.6 Å². The van der Waals surface area contributed by atoms with Crippen LogP contribution in [-0.4, -0.2) is 37.9 Å². The van der Waals surface area contributed by atoms with Crippen LogP contribution >= 0.6 is 12.6 Å². The molecule has 0 radical (unpaired) electrons. The summed E-state index contributed by atoms with van der Waals surface area (Å²) in [4.78, 5) is 32.9. The first kappa shape index (κ1) is 18.1. The predicted molar refractivity (Wildman–Crippen MR) is 79.6 cm³/mol. The molecule has 0 aromatic heterocycles. The van der Waals surface area contributed by atoms with Gasteiger partial charge in [0, 0.05) is 10.5 Å². The van der Waals surface area contributed by atoms with Gasteiger partial charge in [-0.3, -0.25) is 4.79 Å². The van der Waals surface area contributed by atoms with Crippen LogP contribution in [0.4, 0.5) is 4.39 Å². The molecule has 0 spiro atoms. The maximum absolute atomic E-state index is 13.6. The highest BCUT2D eigenvalue weighted by atomic mass is 32.1. The van der Waals surface area contributed by atoms with Gasteiger partial charge in [0.25, 0.3) is 0 Å². The van der Waals surface area contributed by atoms with E-state index in [0.717, 1.165) is 6.08 Å². The quantitative estimate of drug-likeness (QED) is 0.376. The maximum Gasteiger partial charge on any atom is 0.367 e. The normalized spacial score (nSPS) is 11.2. The minimum Gasteiger partial charge on any atom is -0.461 e. The van der Waals surface area contributed by atoms with Crippen molar-refractivity contribution in [2.24, 2.45) is 0 Å². The van der Waals surface area contributed by atoms with Gasteiger partial charge in [-0.25, -0.2) is 14.5 Å². The molecule has 0 bridgehead atoms. The number of ether oxygens (including phenoxy) is 1. The minimum atomic E-state index is -1.06. The molecule has 8 heteroatoms. The summed E-state index contributed by atoms with van der Waals surface area (Å²) in [6.07, 6.45) is 0.985. The topological polar surface area (TPSA) is 65.1 Å². The zero-order valence-electron chi connectivity index (χ0n) is 12.3. The molecule has 0 atom stereocenters. The highest BCUT2D eigenvalue weighted by Crippen LogP contribution is 2.21. The van der Waals surface area contributed by atoms with Gasteiger partial charge in [-0.2, -0.15) is 4.39 Å². The van der Waals surface area contributed by atoms with Gasteiger partial charge >= 0.3 is 11.9 Å². The molecule has 120 valence electrons. The van der Waals surface area contributed by atoms with Crippen LogP contribution in [0.3, 0.4) is 0 Å². The van der Waals surface area contributed by atoms with E-state index in [0.29, 0.717) is 15.7 Å². The lowest BCUT2D eigenvalue weighted by Crippen LogP contribution is -2.28. The number of esters is 1. The second-order valence-electron chi connectivity index (χ2n) is 3.91. The Morgan fingerprint density at radius 3 is 2.45 bits per heavy atom.